The van der Waals surface area contributed by atoms with E-state index < -0.39 is 0 Å². The highest BCUT2D eigenvalue weighted by atomic mass is 16.5. The average molecular weight is 380 g/mol. The van der Waals surface area contributed by atoms with Gasteiger partial charge in [0, 0.05) is 31.6 Å². The Morgan fingerprint density at radius 2 is 2.07 bits per heavy atom. The third kappa shape index (κ3) is 4.28. The van der Waals surface area contributed by atoms with Gasteiger partial charge in [-0.3, -0.25) is 14.2 Å². The van der Waals surface area contributed by atoms with E-state index >= 15 is 0 Å². The number of carbonyl (C=O) groups excluding carboxylic acids is 1. The topological polar surface area (TPSA) is 86.9 Å². The van der Waals surface area contributed by atoms with Crippen LogP contribution in [0.1, 0.15) is 29.8 Å². The van der Waals surface area contributed by atoms with E-state index in [4.69, 9.17) is 4.74 Å². The fraction of sp³-hybridized carbons (Fsp3) is 0.400. The summed E-state index contributed by atoms with van der Waals surface area (Å²) in [6.07, 6.45) is 11.0. The molecule has 1 amide bonds. The summed E-state index contributed by atoms with van der Waals surface area (Å²) in [5.74, 6) is 0.462. The van der Waals surface area contributed by atoms with Gasteiger partial charge < -0.3 is 10.1 Å². The maximum atomic E-state index is 12.6. The Labute approximate surface area is 163 Å². The molecular weight excluding hydrogens is 356 g/mol. The molecule has 146 valence electrons. The molecule has 8 heteroatoms. The van der Waals surface area contributed by atoms with Crippen molar-refractivity contribution in [2.75, 3.05) is 19.0 Å². The van der Waals surface area contributed by atoms with Crippen molar-refractivity contribution in [1.82, 2.24) is 24.5 Å². The molecule has 1 saturated carbocycles. The van der Waals surface area contributed by atoms with Gasteiger partial charge in [-0.1, -0.05) is 12.5 Å². The minimum absolute atomic E-state index is 0.253. The Morgan fingerprint density at radius 3 is 2.86 bits per heavy atom. The molecule has 0 aromatic carbocycles. The van der Waals surface area contributed by atoms with Crippen molar-refractivity contribution in [3.05, 3.63) is 48.7 Å². The van der Waals surface area contributed by atoms with Gasteiger partial charge in [0.05, 0.1) is 36.9 Å². The standard InChI is InChI=1S/C20H24N6O2/c1-28-9-8-25-13-16(10-21-25)18-6-3-7-19(24-18)20(27)23-17-11-22-26(14-17)12-15-4-2-5-15/h3,6-7,10-11,13-15H,2,4-5,8-9,12H2,1H3,(H,23,27). The summed E-state index contributed by atoms with van der Waals surface area (Å²) >= 11 is 0. The minimum atomic E-state index is -0.253. The van der Waals surface area contributed by atoms with Crippen LogP contribution in [-0.4, -0.2) is 44.2 Å². The molecule has 0 aliphatic heterocycles. The molecule has 4 rings (SSSR count). The highest BCUT2D eigenvalue weighted by Crippen LogP contribution is 2.27. The lowest BCUT2D eigenvalue weighted by molar-refractivity contribution is 0.102. The lowest BCUT2D eigenvalue weighted by Gasteiger charge is -2.24. The molecule has 0 atom stereocenters. The van der Waals surface area contributed by atoms with Crippen molar-refractivity contribution in [1.29, 1.82) is 0 Å². The van der Waals surface area contributed by atoms with Crippen LogP contribution in [-0.2, 0) is 17.8 Å². The van der Waals surface area contributed by atoms with Crippen molar-refractivity contribution in [2.24, 2.45) is 5.92 Å². The SMILES string of the molecule is COCCn1cc(-c2cccc(C(=O)Nc3cnn(CC4CCC4)c3)n2)cn1. The molecule has 3 heterocycles. The number of nitrogens with zero attached hydrogens (tertiary/aromatic N) is 5. The van der Waals surface area contributed by atoms with E-state index in [0.717, 1.165) is 12.1 Å². The second-order valence-electron chi connectivity index (χ2n) is 7.10. The molecule has 1 fully saturated rings. The summed E-state index contributed by atoms with van der Waals surface area (Å²) in [5.41, 5.74) is 2.61. The first-order valence-electron chi connectivity index (χ1n) is 9.54. The second-order valence-corrected chi connectivity index (χ2v) is 7.10. The minimum Gasteiger partial charge on any atom is -0.383 e. The zero-order chi connectivity index (χ0) is 19.3. The molecule has 3 aromatic rings. The Hall–Kier alpha value is -3.00. The molecule has 0 spiro atoms. The van der Waals surface area contributed by atoms with Gasteiger partial charge in [0.2, 0.25) is 0 Å². The van der Waals surface area contributed by atoms with Gasteiger partial charge in [0.25, 0.3) is 5.91 Å². The second kappa shape index (κ2) is 8.35. The molecule has 1 aliphatic rings. The third-order valence-electron chi connectivity index (χ3n) is 5.00. The number of carbonyl (C=O) groups is 1. The van der Waals surface area contributed by atoms with Gasteiger partial charge in [0.15, 0.2) is 0 Å². The number of ether oxygens (including phenoxy) is 1. The number of rotatable bonds is 8. The van der Waals surface area contributed by atoms with E-state index in [1.165, 1.54) is 19.3 Å². The Bertz CT molecular complexity index is 944. The van der Waals surface area contributed by atoms with E-state index in [1.54, 1.807) is 30.3 Å². The highest BCUT2D eigenvalue weighted by molar-refractivity contribution is 6.03. The van der Waals surface area contributed by atoms with Crippen molar-refractivity contribution in [3.8, 4) is 11.3 Å². The van der Waals surface area contributed by atoms with E-state index in [1.807, 2.05) is 29.2 Å². The summed E-state index contributed by atoms with van der Waals surface area (Å²) in [6.45, 7) is 2.17. The molecule has 0 bridgehead atoms. The zero-order valence-electron chi connectivity index (χ0n) is 15.9. The van der Waals surface area contributed by atoms with Gasteiger partial charge in [-0.2, -0.15) is 10.2 Å². The maximum Gasteiger partial charge on any atom is 0.274 e. The van der Waals surface area contributed by atoms with Crippen molar-refractivity contribution in [3.63, 3.8) is 0 Å². The van der Waals surface area contributed by atoms with Gasteiger partial charge >= 0.3 is 0 Å². The molecule has 1 aliphatic carbocycles. The molecule has 0 saturated heterocycles. The Morgan fingerprint density at radius 1 is 1.21 bits per heavy atom. The van der Waals surface area contributed by atoms with E-state index in [9.17, 15) is 4.79 Å². The van der Waals surface area contributed by atoms with Crippen LogP contribution in [0.5, 0.6) is 0 Å². The first-order valence-corrected chi connectivity index (χ1v) is 9.54. The van der Waals surface area contributed by atoms with Crippen molar-refractivity contribution in [2.45, 2.75) is 32.4 Å². The van der Waals surface area contributed by atoms with Crippen LogP contribution in [0.3, 0.4) is 0 Å². The van der Waals surface area contributed by atoms with Crippen LogP contribution < -0.4 is 5.32 Å². The monoisotopic (exact) mass is 380 g/mol. The summed E-state index contributed by atoms with van der Waals surface area (Å²) in [5, 5.41) is 11.5. The normalized spacial score (nSPS) is 14.0. The van der Waals surface area contributed by atoms with Crippen molar-refractivity contribution >= 4 is 11.6 Å². The summed E-state index contributed by atoms with van der Waals surface area (Å²) in [4.78, 5) is 17.1. The predicted molar refractivity (Wildman–Crippen MR) is 105 cm³/mol. The Balaban J connectivity index is 1.42. The fourth-order valence-corrected chi connectivity index (χ4v) is 3.19. The van der Waals surface area contributed by atoms with Crippen LogP contribution >= 0.6 is 0 Å². The number of anilines is 1. The molecule has 0 unspecified atom stereocenters. The van der Waals surface area contributed by atoms with Gasteiger partial charge in [-0.05, 0) is 30.9 Å². The fourth-order valence-electron chi connectivity index (χ4n) is 3.19. The number of pyridine rings is 1. The van der Waals surface area contributed by atoms with E-state index in [-0.39, 0.29) is 5.91 Å². The number of hydrogen-bond donors (Lipinski definition) is 1. The van der Waals surface area contributed by atoms with Crippen LogP contribution in [0.15, 0.2) is 43.0 Å². The highest BCUT2D eigenvalue weighted by Gasteiger charge is 2.18. The number of nitrogens with one attached hydrogen (secondary N) is 1. The number of amides is 1. The predicted octanol–water partition coefficient (Wildman–Crippen LogP) is 2.84. The molecule has 8 nitrogen and oxygen atoms in total. The molecule has 0 radical (unpaired) electrons. The van der Waals surface area contributed by atoms with Crippen LogP contribution in [0, 0.1) is 5.92 Å². The first-order chi connectivity index (χ1) is 13.7. The van der Waals surface area contributed by atoms with Gasteiger partial charge in [-0.15, -0.1) is 0 Å². The molecule has 3 aromatic heterocycles. The number of methoxy groups -OCH3 is 1. The van der Waals surface area contributed by atoms with E-state index in [2.05, 4.69) is 20.5 Å². The molecular formula is C20H24N6O2. The van der Waals surface area contributed by atoms with E-state index in [0.29, 0.717) is 36.1 Å². The van der Waals surface area contributed by atoms with Crippen LogP contribution in [0.25, 0.3) is 11.3 Å². The Kier molecular flexibility index (Phi) is 5.48. The van der Waals surface area contributed by atoms with Crippen LogP contribution in [0.2, 0.25) is 0 Å². The lowest BCUT2D eigenvalue weighted by Crippen LogP contribution is -2.18. The van der Waals surface area contributed by atoms with Crippen molar-refractivity contribution < 1.29 is 9.53 Å². The first kappa shape index (κ1) is 18.4. The quantitative estimate of drug-likeness (QED) is 0.649. The summed E-state index contributed by atoms with van der Waals surface area (Å²) in [6, 6.07) is 5.39. The smallest absolute Gasteiger partial charge is 0.274 e. The largest absolute Gasteiger partial charge is 0.383 e. The van der Waals surface area contributed by atoms with Gasteiger partial charge in [-0.25, -0.2) is 4.98 Å². The molecule has 28 heavy (non-hydrogen) atoms. The number of hydrogen-bond acceptors (Lipinski definition) is 5. The molecule has 1 N–H and O–H groups in total. The summed E-state index contributed by atoms with van der Waals surface area (Å²) < 4.78 is 8.76. The average Bonchev–Trinajstić information content (AvgIpc) is 3.32. The van der Waals surface area contributed by atoms with Gasteiger partial charge in [0.1, 0.15) is 5.69 Å². The summed E-state index contributed by atoms with van der Waals surface area (Å²) in [7, 11) is 1.66. The zero-order valence-corrected chi connectivity index (χ0v) is 15.9. The lowest BCUT2D eigenvalue weighted by atomic mass is 9.85. The number of aromatic nitrogens is 5. The third-order valence-corrected chi connectivity index (χ3v) is 5.00. The van der Waals surface area contributed by atoms with Crippen LogP contribution in [0.4, 0.5) is 5.69 Å². The maximum absolute atomic E-state index is 12.6.